The van der Waals surface area contributed by atoms with E-state index in [4.69, 9.17) is 14.2 Å². The van der Waals surface area contributed by atoms with E-state index in [2.05, 4.69) is 0 Å². The summed E-state index contributed by atoms with van der Waals surface area (Å²) in [6, 6.07) is 16.9. The zero-order valence-corrected chi connectivity index (χ0v) is 19.0. The molecule has 0 spiro atoms. The largest absolute Gasteiger partial charge is 0.507 e. The Morgan fingerprint density at radius 1 is 1.00 bits per heavy atom. The van der Waals surface area contributed by atoms with Gasteiger partial charge in [0.1, 0.15) is 11.5 Å². The number of benzene rings is 3. The topological polar surface area (TPSA) is 85.3 Å². The Labute approximate surface area is 196 Å². The predicted octanol–water partition coefficient (Wildman–Crippen LogP) is 4.67. The first-order chi connectivity index (χ1) is 16.4. The molecule has 3 aromatic rings. The van der Waals surface area contributed by atoms with Crippen LogP contribution in [-0.2, 0) is 9.59 Å². The first-order valence-corrected chi connectivity index (χ1v) is 10.8. The number of Topliss-reactive ketones (excluding diaryl/α,β-unsaturated/α-hetero) is 1. The zero-order chi connectivity index (χ0) is 24.0. The Morgan fingerprint density at radius 2 is 1.79 bits per heavy atom. The summed E-state index contributed by atoms with van der Waals surface area (Å²) in [6.07, 6.45) is 0. The summed E-state index contributed by atoms with van der Waals surface area (Å²) >= 11 is 0. The molecule has 0 radical (unpaired) electrons. The number of ether oxygens (including phenoxy) is 3. The molecule has 34 heavy (non-hydrogen) atoms. The molecule has 0 saturated carbocycles. The molecule has 1 fully saturated rings. The maximum atomic E-state index is 13.3. The van der Waals surface area contributed by atoms with E-state index in [1.54, 1.807) is 43.5 Å². The molecular formula is C27H23NO6. The first kappa shape index (κ1) is 21.6. The van der Waals surface area contributed by atoms with E-state index in [1.807, 2.05) is 38.1 Å². The number of hydrogen-bond acceptors (Lipinski definition) is 6. The molecule has 7 nitrogen and oxygen atoms in total. The summed E-state index contributed by atoms with van der Waals surface area (Å²) in [5.74, 6) is 0.00747. The van der Waals surface area contributed by atoms with Gasteiger partial charge in [-0.2, -0.15) is 0 Å². The molecule has 1 unspecified atom stereocenters. The van der Waals surface area contributed by atoms with Crippen molar-refractivity contribution in [2.24, 2.45) is 0 Å². The van der Waals surface area contributed by atoms with Gasteiger partial charge in [-0.3, -0.25) is 14.5 Å². The number of aryl methyl sites for hydroxylation is 2. The van der Waals surface area contributed by atoms with E-state index in [9.17, 15) is 14.7 Å². The van der Waals surface area contributed by atoms with Gasteiger partial charge in [0, 0.05) is 17.3 Å². The van der Waals surface area contributed by atoms with Crippen LogP contribution in [0, 0.1) is 13.8 Å². The van der Waals surface area contributed by atoms with E-state index < -0.39 is 17.7 Å². The highest BCUT2D eigenvalue weighted by Gasteiger charge is 2.47. The van der Waals surface area contributed by atoms with E-state index in [1.165, 1.54) is 4.90 Å². The van der Waals surface area contributed by atoms with Crippen LogP contribution in [0.3, 0.4) is 0 Å². The smallest absolute Gasteiger partial charge is 0.300 e. The maximum absolute atomic E-state index is 13.3. The number of anilines is 1. The maximum Gasteiger partial charge on any atom is 0.300 e. The van der Waals surface area contributed by atoms with Crippen LogP contribution in [0.2, 0.25) is 0 Å². The number of aliphatic hydroxyl groups is 1. The van der Waals surface area contributed by atoms with E-state index >= 15 is 0 Å². The van der Waals surface area contributed by atoms with Crippen LogP contribution < -0.4 is 19.1 Å². The van der Waals surface area contributed by atoms with Crippen molar-refractivity contribution in [3.63, 3.8) is 0 Å². The minimum absolute atomic E-state index is 0.0258. The summed E-state index contributed by atoms with van der Waals surface area (Å²) < 4.78 is 16.2. The van der Waals surface area contributed by atoms with Gasteiger partial charge in [0.05, 0.1) is 18.7 Å². The Balaban J connectivity index is 1.71. The molecule has 2 aliphatic heterocycles. The van der Waals surface area contributed by atoms with Crippen molar-refractivity contribution in [3.8, 4) is 17.2 Å². The number of ketones is 1. The Morgan fingerprint density at radius 3 is 2.53 bits per heavy atom. The Hall–Kier alpha value is -4.26. The number of carbonyl (C=O) groups excluding carboxylic acids is 2. The number of carbonyl (C=O) groups is 2. The molecule has 172 valence electrons. The molecule has 0 aliphatic carbocycles. The summed E-state index contributed by atoms with van der Waals surface area (Å²) in [4.78, 5) is 28.1. The molecular weight excluding hydrogens is 434 g/mol. The normalized spacial score (nSPS) is 18.4. The molecule has 1 atom stereocenters. The quantitative estimate of drug-likeness (QED) is 0.348. The molecule has 3 aromatic carbocycles. The van der Waals surface area contributed by atoms with E-state index in [-0.39, 0.29) is 18.1 Å². The lowest BCUT2D eigenvalue weighted by atomic mass is 9.94. The van der Waals surface area contributed by atoms with Gasteiger partial charge in [0.25, 0.3) is 11.7 Å². The second-order valence-electron chi connectivity index (χ2n) is 8.31. The third kappa shape index (κ3) is 3.46. The number of aliphatic hydroxyl groups excluding tert-OH is 1. The second-order valence-corrected chi connectivity index (χ2v) is 8.31. The first-order valence-electron chi connectivity index (χ1n) is 10.8. The average Bonchev–Trinajstić information content (AvgIpc) is 3.40. The highest BCUT2D eigenvalue weighted by atomic mass is 16.7. The number of rotatable bonds is 4. The van der Waals surface area contributed by atoms with Gasteiger partial charge in [-0.05, 0) is 55.3 Å². The van der Waals surface area contributed by atoms with Crippen molar-refractivity contribution in [2.75, 3.05) is 18.8 Å². The number of methoxy groups -OCH3 is 1. The molecule has 0 bridgehead atoms. The van der Waals surface area contributed by atoms with E-state index in [0.717, 1.165) is 11.1 Å². The highest BCUT2D eigenvalue weighted by Crippen LogP contribution is 2.45. The fraction of sp³-hybridized carbons (Fsp3) is 0.185. The third-order valence-electron chi connectivity index (χ3n) is 6.10. The number of hydrogen-bond donors (Lipinski definition) is 1. The molecule has 7 heteroatoms. The lowest BCUT2D eigenvalue weighted by Gasteiger charge is -2.26. The molecule has 1 saturated heterocycles. The molecule has 5 rings (SSSR count). The summed E-state index contributed by atoms with van der Waals surface area (Å²) in [5, 5.41) is 11.3. The van der Waals surface area contributed by atoms with Crippen molar-refractivity contribution in [1.82, 2.24) is 0 Å². The predicted molar refractivity (Wildman–Crippen MR) is 126 cm³/mol. The number of amides is 1. The van der Waals surface area contributed by atoms with Crippen molar-refractivity contribution in [3.05, 3.63) is 88.5 Å². The Bertz CT molecular complexity index is 1360. The van der Waals surface area contributed by atoms with Crippen LogP contribution in [0.25, 0.3) is 5.76 Å². The monoisotopic (exact) mass is 457 g/mol. The standard InChI is InChI=1S/C27H23NO6/c1-15-5-4-6-17(11-15)24-23(25(29)18-7-9-20(32-3)16(2)12-18)26(30)27(31)28(24)19-8-10-21-22(13-19)34-14-33-21/h4-13,24,29H,14H2,1-3H3/b25-23+. The van der Waals surface area contributed by atoms with Gasteiger partial charge < -0.3 is 19.3 Å². The van der Waals surface area contributed by atoms with Crippen LogP contribution in [0.15, 0.2) is 66.2 Å². The third-order valence-corrected chi connectivity index (χ3v) is 6.10. The van der Waals surface area contributed by atoms with Crippen molar-refractivity contribution in [2.45, 2.75) is 19.9 Å². The fourth-order valence-corrected chi connectivity index (χ4v) is 4.47. The molecule has 0 aromatic heterocycles. The van der Waals surface area contributed by atoms with Gasteiger partial charge in [0.15, 0.2) is 11.5 Å². The minimum atomic E-state index is -0.817. The highest BCUT2D eigenvalue weighted by molar-refractivity contribution is 6.51. The fourth-order valence-electron chi connectivity index (χ4n) is 4.47. The lowest BCUT2D eigenvalue weighted by molar-refractivity contribution is -0.132. The minimum Gasteiger partial charge on any atom is -0.507 e. The van der Waals surface area contributed by atoms with Crippen molar-refractivity contribution < 1.29 is 28.9 Å². The van der Waals surface area contributed by atoms with Gasteiger partial charge >= 0.3 is 0 Å². The number of fused-ring (bicyclic) bond motifs is 1. The number of nitrogens with zero attached hydrogens (tertiary/aromatic N) is 1. The zero-order valence-electron chi connectivity index (χ0n) is 19.0. The SMILES string of the molecule is COc1ccc(/C(O)=C2\C(=O)C(=O)N(c3ccc4c(c3)OCO4)C2c2cccc(C)c2)cc1C. The summed E-state index contributed by atoms with van der Waals surface area (Å²) in [6.45, 7) is 3.87. The molecule has 2 heterocycles. The molecule has 1 amide bonds. The Kier molecular flexibility index (Phi) is 5.24. The summed E-state index contributed by atoms with van der Waals surface area (Å²) in [7, 11) is 1.57. The lowest BCUT2D eigenvalue weighted by Crippen LogP contribution is -2.29. The molecule has 2 aliphatic rings. The van der Waals surface area contributed by atoms with Gasteiger partial charge in [-0.25, -0.2) is 0 Å². The van der Waals surface area contributed by atoms with Crippen molar-refractivity contribution in [1.29, 1.82) is 0 Å². The van der Waals surface area contributed by atoms with Crippen LogP contribution in [0.4, 0.5) is 5.69 Å². The average molecular weight is 457 g/mol. The van der Waals surface area contributed by atoms with Crippen LogP contribution in [0.5, 0.6) is 17.2 Å². The van der Waals surface area contributed by atoms with Crippen LogP contribution >= 0.6 is 0 Å². The second kappa shape index (κ2) is 8.26. The molecule has 1 N–H and O–H groups in total. The summed E-state index contributed by atoms with van der Waals surface area (Å²) in [5.41, 5.74) is 3.40. The van der Waals surface area contributed by atoms with Gasteiger partial charge in [-0.15, -0.1) is 0 Å². The van der Waals surface area contributed by atoms with E-state index in [0.29, 0.717) is 34.1 Å². The van der Waals surface area contributed by atoms with Crippen LogP contribution in [-0.4, -0.2) is 30.7 Å². The van der Waals surface area contributed by atoms with Gasteiger partial charge in [0.2, 0.25) is 6.79 Å². The van der Waals surface area contributed by atoms with Crippen molar-refractivity contribution >= 4 is 23.1 Å². The van der Waals surface area contributed by atoms with Gasteiger partial charge in [-0.1, -0.05) is 29.8 Å². The van der Waals surface area contributed by atoms with Crippen LogP contribution in [0.1, 0.15) is 28.3 Å².